The molecule has 6 nitrogen and oxygen atoms in total. The van der Waals surface area contributed by atoms with Crippen LogP contribution in [-0.4, -0.2) is 40.2 Å². The molecule has 0 radical (unpaired) electrons. The van der Waals surface area contributed by atoms with Crippen LogP contribution in [0.1, 0.15) is 28.4 Å². The first-order chi connectivity index (χ1) is 13.7. The van der Waals surface area contributed by atoms with E-state index in [4.69, 9.17) is 9.47 Å². The van der Waals surface area contributed by atoms with E-state index in [0.717, 1.165) is 31.1 Å². The normalized spacial score (nSPS) is 16.7. The summed E-state index contributed by atoms with van der Waals surface area (Å²) < 4.78 is 13.2. The SMILES string of the molecule is COc1ccc(CN2Cc3nnn(C)c3[C@@H](COCc3ccccc3)C2)cc1. The first-order valence-electron chi connectivity index (χ1n) is 9.58. The van der Waals surface area contributed by atoms with Crippen molar-refractivity contribution in [2.75, 3.05) is 20.3 Å². The molecule has 0 N–H and O–H groups in total. The second kappa shape index (κ2) is 8.54. The summed E-state index contributed by atoms with van der Waals surface area (Å²) in [5.74, 6) is 1.14. The molecule has 6 heteroatoms. The monoisotopic (exact) mass is 378 g/mol. The fraction of sp³-hybridized carbons (Fsp3) is 0.364. The fourth-order valence-electron chi connectivity index (χ4n) is 3.83. The lowest BCUT2D eigenvalue weighted by Crippen LogP contribution is -2.36. The van der Waals surface area contributed by atoms with Gasteiger partial charge in [-0.1, -0.05) is 47.7 Å². The maximum atomic E-state index is 6.06. The molecule has 1 aliphatic heterocycles. The van der Waals surface area contributed by atoms with Crippen molar-refractivity contribution in [3.8, 4) is 5.75 Å². The van der Waals surface area contributed by atoms with Crippen LogP contribution in [-0.2, 0) is 31.5 Å². The average Bonchev–Trinajstić information content (AvgIpc) is 3.10. The molecule has 0 saturated heterocycles. The molecule has 4 rings (SSSR count). The fourth-order valence-corrected chi connectivity index (χ4v) is 3.83. The van der Waals surface area contributed by atoms with Gasteiger partial charge in [0.1, 0.15) is 11.4 Å². The second-order valence-corrected chi connectivity index (χ2v) is 7.26. The lowest BCUT2D eigenvalue weighted by Gasteiger charge is -2.32. The molecule has 0 spiro atoms. The number of nitrogens with zero attached hydrogens (tertiary/aromatic N) is 4. The predicted molar refractivity (Wildman–Crippen MR) is 107 cm³/mol. The summed E-state index contributed by atoms with van der Waals surface area (Å²) in [6.45, 7) is 3.88. The third-order valence-electron chi connectivity index (χ3n) is 5.18. The third kappa shape index (κ3) is 4.24. The van der Waals surface area contributed by atoms with Gasteiger partial charge in [0, 0.05) is 32.6 Å². The molecule has 0 bridgehead atoms. The van der Waals surface area contributed by atoms with Crippen molar-refractivity contribution < 1.29 is 9.47 Å². The van der Waals surface area contributed by atoms with E-state index >= 15 is 0 Å². The van der Waals surface area contributed by atoms with Crippen LogP contribution in [0.4, 0.5) is 0 Å². The summed E-state index contributed by atoms with van der Waals surface area (Å²) >= 11 is 0. The van der Waals surface area contributed by atoms with Crippen molar-refractivity contribution in [1.82, 2.24) is 19.9 Å². The number of hydrogen-bond donors (Lipinski definition) is 0. The van der Waals surface area contributed by atoms with Gasteiger partial charge >= 0.3 is 0 Å². The number of hydrogen-bond acceptors (Lipinski definition) is 5. The molecule has 1 aliphatic rings. The molecule has 146 valence electrons. The highest BCUT2D eigenvalue weighted by Gasteiger charge is 2.30. The first kappa shape index (κ1) is 18.7. The van der Waals surface area contributed by atoms with Crippen molar-refractivity contribution in [3.63, 3.8) is 0 Å². The number of aromatic nitrogens is 3. The minimum Gasteiger partial charge on any atom is -0.497 e. The van der Waals surface area contributed by atoms with Crippen LogP contribution in [0.3, 0.4) is 0 Å². The van der Waals surface area contributed by atoms with E-state index in [9.17, 15) is 0 Å². The van der Waals surface area contributed by atoms with Crippen LogP contribution in [0.5, 0.6) is 5.75 Å². The van der Waals surface area contributed by atoms with Crippen LogP contribution in [0.25, 0.3) is 0 Å². The average molecular weight is 378 g/mol. The van der Waals surface area contributed by atoms with Gasteiger partial charge in [0.15, 0.2) is 0 Å². The van der Waals surface area contributed by atoms with Gasteiger partial charge in [-0.3, -0.25) is 9.58 Å². The van der Waals surface area contributed by atoms with E-state index in [1.165, 1.54) is 16.8 Å². The standard InChI is InChI=1S/C22H26N4O2/c1-25-22-19(16-28-15-18-6-4-3-5-7-18)13-26(14-21(22)23-24-25)12-17-8-10-20(27-2)11-9-17/h3-11,19H,12-16H2,1-2H3/t19-/m1/s1. The van der Waals surface area contributed by atoms with E-state index in [1.807, 2.05) is 42.1 Å². The molecule has 0 amide bonds. The van der Waals surface area contributed by atoms with Crippen LogP contribution < -0.4 is 4.74 Å². The zero-order valence-electron chi connectivity index (χ0n) is 16.4. The molecule has 3 aromatic rings. The third-order valence-corrected chi connectivity index (χ3v) is 5.18. The Morgan fingerprint density at radius 3 is 2.57 bits per heavy atom. The maximum Gasteiger partial charge on any atom is 0.118 e. The van der Waals surface area contributed by atoms with E-state index in [-0.39, 0.29) is 5.92 Å². The molecule has 0 fully saturated rings. The molecule has 2 heterocycles. The zero-order valence-corrected chi connectivity index (χ0v) is 16.4. The highest BCUT2D eigenvalue weighted by atomic mass is 16.5. The number of aryl methyl sites for hydroxylation is 1. The Balaban J connectivity index is 1.43. The first-order valence-corrected chi connectivity index (χ1v) is 9.58. The Bertz CT molecular complexity index is 893. The van der Waals surface area contributed by atoms with Gasteiger partial charge < -0.3 is 9.47 Å². The van der Waals surface area contributed by atoms with Crippen molar-refractivity contribution in [2.45, 2.75) is 25.6 Å². The number of benzene rings is 2. The number of ether oxygens (including phenoxy) is 2. The van der Waals surface area contributed by atoms with Crippen LogP contribution in [0.2, 0.25) is 0 Å². The maximum absolute atomic E-state index is 6.06. The Morgan fingerprint density at radius 1 is 1.04 bits per heavy atom. The summed E-state index contributed by atoms with van der Waals surface area (Å²) in [6, 6.07) is 18.5. The van der Waals surface area contributed by atoms with Crippen LogP contribution >= 0.6 is 0 Å². The molecular formula is C22H26N4O2. The van der Waals surface area contributed by atoms with Crippen molar-refractivity contribution in [1.29, 1.82) is 0 Å². The lowest BCUT2D eigenvalue weighted by molar-refractivity contribution is 0.0830. The Kier molecular flexibility index (Phi) is 5.69. The Hall–Kier alpha value is -2.70. The van der Waals surface area contributed by atoms with E-state index < -0.39 is 0 Å². The smallest absolute Gasteiger partial charge is 0.118 e. The predicted octanol–water partition coefficient (Wildman–Crippen LogP) is 3.14. The van der Waals surface area contributed by atoms with Gasteiger partial charge in [-0.25, -0.2) is 0 Å². The van der Waals surface area contributed by atoms with E-state index in [1.54, 1.807) is 7.11 Å². The minimum atomic E-state index is 0.255. The number of methoxy groups -OCH3 is 1. The van der Waals surface area contributed by atoms with Crippen LogP contribution in [0.15, 0.2) is 54.6 Å². The topological polar surface area (TPSA) is 52.4 Å². The van der Waals surface area contributed by atoms with Crippen molar-refractivity contribution in [2.24, 2.45) is 7.05 Å². The Labute approximate surface area is 165 Å². The van der Waals surface area contributed by atoms with Crippen molar-refractivity contribution in [3.05, 3.63) is 77.1 Å². The molecule has 1 atom stereocenters. The highest BCUT2D eigenvalue weighted by Crippen LogP contribution is 2.28. The number of rotatable bonds is 7. The summed E-state index contributed by atoms with van der Waals surface area (Å²) in [5.41, 5.74) is 4.70. The molecule has 28 heavy (non-hydrogen) atoms. The molecule has 0 saturated carbocycles. The molecule has 1 aromatic heterocycles. The van der Waals surface area contributed by atoms with Gasteiger partial charge in [-0.05, 0) is 23.3 Å². The number of fused-ring (bicyclic) bond motifs is 1. The van der Waals surface area contributed by atoms with Gasteiger partial charge in [0.2, 0.25) is 0 Å². The quantitative estimate of drug-likeness (QED) is 0.632. The van der Waals surface area contributed by atoms with E-state index in [0.29, 0.717) is 13.2 Å². The summed E-state index contributed by atoms with van der Waals surface area (Å²) in [6.07, 6.45) is 0. The van der Waals surface area contributed by atoms with Gasteiger partial charge in [-0.15, -0.1) is 5.10 Å². The van der Waals surface area contributed by atoms with Gasteiger partial charge in [0.25, 0.3) is 0 Å². The highest BCUT2D eigenvalue weighted by molar-refractivity contribution is 5.28. The molecule has 2 aromatic carbocycles. The van der Waals surface area contributed by atoms with Crippen LogP contribution in [0, 0.1) is 0 Å². The van der Waals surface area contributed by atoms with E-state index in [2.05, 4.69) is 39.5 Å². The largest absolute Gasteiger partial charge is 0.497 e. The molecule has 0 unspecified atom stereocenters. The van der Waals surface area contributed by atoms with Crippen molar-refractivity contribution >= 4 is 0 Å². The minimum absolute atomic E-state index is 0.255. The summed E-state index contributed by atoms with van der Waals surface area (Å²) in [4.78, 5) is 2.41. The summed E-state index contributed by atoms with van der Waals surface area (Å²) in [7, 11) is 3.66. The second-order valence-electron chi connectivity index (χ2n) is 7.26. The molecule has 0 aliphatic carbocycles. The summed E-state index contributed by atoms with van der Waals surface area (Å²) in [5, 5.41) is 8.63. The molecular weight excluding hydrogens is 352 g/mol. The van der Waals surface area contributed by atoms with Gasteiger partial charge in [-0.2, -0.15) is 0 Å². The lowest BCUT2D eigenvalue weighted by atomic mass is 9.98. The zero-order chi connectivity index (χ0) is 19.3. The Morgan fingerprint density at radius 2 is 1.82 bits per heavy atom. The van der Waals surface area contributed by atoms with Gasteiger partial charge in [0.05, 0.1) is 26.0 Å².